The summed E-state index contributed by atoms with van der Waals surface area (Å²) in [6, 6.07) is 5.86. The number of benzene rings is 1. The van der Waals surface area contributed by atoms with Crippen molar-refractivity contribution in [2.75, 3.05) is 11.4 Å². The largest absolute Gasteiger partial charge is 0.487 e. The zero-order valence-corrected chi connectivity index (χ0v) is 14.7. The van der Waals surface area contributed by atoms with Gasteiger partial charge in [-0.3, -0.25) is 19.7 Å². The molecule has 0 saturated heterocycles. The number of thiazole rings is 1. The maximum atomic E-state index is 13.0. The molecule has 1 amide bonds. The van der Waals surface area contributed by atoms with Crippen molar-refractivity contribution in [3.63, 3.8) is 0 Å². The molecule has 6 nitrogen and oxygen atoms in total. The summed E-state index contributed by atoms with van der Waals surface area (Å²) in [4.78, 5) is 27.5. The van der Waals surface area contributed by atoms with Crippen molar-refractivity contribution < 1.29 is 9.53 Å². The topological polar surface area (TPSA) is 68.2 Å². The molecular formula is C18H16N4O2S. The first kappa shape index (κ1) is 15.7. The highest BCUT2D eigenvalue weighted by Crippen LogP contribution is 2.35. The molecule has 1 aliphatic heterocycles. The molecule has 0 radical (unpaired) electrons. The van der Waals surface area contributed by atoms with Crippen LogP contribution in [-0.2, 0) is 0 Å². The molecule has 25 heavy (non-hydrogen) atoms. The molecule has 0 fully saturated rings. The highest BCUT2D eigenvalue weighted by atomic mass is 32.1. The molecule has 4 rings (SSSR count). The second-order valence-electron chi connectivity index (χ2n) is 5.94. The second kappa shape index (κ2) is 6.25. The Kier molecular flexibility index (Phi) is 3.93. The van der Waals surface area contributed by atoms with Gasteiger partial charge in [0.25, 0.3) is 5.91 Å². The minimum atomic E-state index is -0.131. The standard InChI is InChI=1S/C18H16N4O2S/c1-11-3-4-16-15(7-11)22(9-12(2)24-16)18(23)14-10-25-17(21-14)13-8-19-5-6-20-13/h3-8,10,12H,9H2,1-2H3/t12-/m0/s1. The number of carbonyl (C=O) groups excluding carboxylic acids is 1. The average molecular weight is 352 g/mol. The zero-order chi connectivity index (χ0) is 17.4. The molecule has 3 aromatic rings. The van der Waals surface area contributed by atoms with Crippen molar-refractivity contribution in [1.29, 1.82) is 0 Å². The van der Waals surface area contributed by atoms with E-state index >= 15 is 0 Å². The number of anilines is 1. The van der Waals surface area contributed by atoms with Crippen LogP contribution in [0.1, 0.15) is 23.0 Å². The van der Waals surface area contributed by atoms with Crippen molar-refractivity contribution in [2.24, 2.45) is 0 Å². The lowest BCUT2D eigenvalue weighted by atomic mass is 10.1. The number of nitrogens with zero attached hydrogens (tertiary/aromatic N) is 4. The summed E-state index contributed by atoms with van der Waals surface area (Å²) in [6.07, 6.45) is 4.79. The quantitative estimate of drug-likeness (QED) is 0.707. The number of hydrogen-bond donors (Lipinski definition) is 0. The number of fused-ring (bicyclic) bond motifs is 1. The van der Waals surface area contributed by atoms with Gasteiger partial charge in [-0.05, 0) is 31.5 Å². The van der Waals surface area contributed by atoms with Crippen LogP contribution in [0, 0.1) is 6.92 Å². The van der Waals surface area contributed by atoms with Crippen molar-refractivity contribution in [2.45, 2.75) is 20.0 Å². The molecule has 7 heteroatoms. The van der Waals surface area contributed by atoms with E-state index in [0.29, 0.717) is 22.9 Å². The SMILES string of the molecule is Cc1ccc2c(c1)N(C(=O)c1csc(-c3cnccn3)n1)C[C@H](C)O2. The third kappa shape index (κ3) is 2.98. The van der Waals surface area contributed by atoms with Crippen LogP contribution in [0.4, 0.5) is 5.69 Å². The van der Waals surface area contributed by atoms with E-state index in [4.69, 9.17) is 4.74 Å². The van der Waals surface area contributed by atoms with E-state index in [0.717, 1.165) is 17.0 Å². The van der Waals surface area contributed by atoms with Crippen molar-refractivity contribution >= 4 is 22.9 Å². The van der Waals surface area contributed by atoms with E-state index in [1.165, 1.54) is 11.3 Å². The lowest BCUT2D eigenvalue weighted by Gasteiger charge is -2.33. The molecule has 1 aliphatic rings. The number of amides is 1. The molecular weight excluding hydrogens is 336 g/mol. The van der Waals surface area contributed by atoms with Gasteiger partial charge in [-0.15, -0.1) is 11.3 Å². The van der Waals surface area contributed by atoms with Gasteiger partial charge in [0.2, 0.25) is 0 Å². The molecule has 0 saturated carbocycles. The van der Waals surface area contributed by atoms with Crippen LogP contribution in [0.5, 0.6) is 5.75 Å². The van der Waals surface area contributed by atoms with Gasteiger partial charge < -0.3 is 4.74 Å². The van der Waals surface area contributed by atoms with E-state index in [1.807, 2.05) is 32.0 Å². The number of aromatic nitrogens is 3. The zero-order valence-electron chi connectivity index (χ0n) is 13.8. The predicted octanol–water partition coefficient (Wildman–Crippen LogP) is 3.34. The Bertz CT molecular complexity index is 926. The van der Waals surface area contributed by atoms with Gasteiger partial charge in [0.15, 0.2) is 0 Å². The Morgan fingerprint density at radius 3 is 3.04 bits per heavy atom. The van der Waals surface area contributed by atoms with Crippen LogP contribution in [0.2, 0.25) is 0 Å². The maximum Gasteiger partial charge on any atom is 0.278 e. The van der Waals surface area contributed by atoms with Gasteiger partial charge in [0, 0.05) is 17.8 Å². The third-order valence-electron chi connectivity index (χ3n) is 3.92. The lowest BCUT2D eigenvalue weighted by Crippen LogP contribution is -2.42. The van der Waals surface area contributed by atoms with Crippen molar-refractivity contribution in [1.82, 2.24) is 15.0 Å². The van der Waals surface area contributed by atoms with Crippen LogP contribution in [0.15, 0.2) is 42.2 Å². The average Bonchev–Trinajstić information content (AvgIpc) is 3.12. The monoisotopic (exact) mass is 352 g/mol. The van der Waals surface area contributed by atoms with E-state index in [-0.39, 0.29) is 12.0 Å². The van der Waals surface area contributed by atoms with Crippen LogP contribution >= 0.6 is 11.3 Å². The first-order valence-corrected chi connectivity index (χ1v) is 8.81. The molecule has 126 valence electrons. The highest BCUT2D eigenvalue weighted by Gasteiger charge is 2.29. The van der Waals surface area contributed by atoms with Crippen LogP contribution in [0.25, 0.3) is 10.7 Å². The fraction of sp³-hybridized carbons (Fsp3) is 0.222. The van der Waals surface area contributed by atoms with Crippen LogP contribution < -0.4 is 9.64 Å². The number of ether oxygens (including phenoxy) is 1. The highest BCUT2D eigenvalue weighted by molar-refractivity contribution is 7.13. The summed E-state index contributed by atoms with van der Waals surface area (Å²) in [6.45, 7) is 4.44. The normalized spacial score (nSPS) is 16.2. The smallest absolute Gasteiger partial charge is 0.278 e. The Hall–Kier alpha value is -2.80. The van der Waals surface area contributed by atoms with Crippen molar-refractivity contribution in [3.05, 3.63) is 53.4 Å². The van der Waals surface area contributed by atoms with Gasteiger partial charge in [0.05, 0.1) is 18.4 Å². The fourth-order valence-corrected chi connectivity index (χ4v) is 3.53. The lowest BCUT2D eigenvalue weighted by molar-refractivity contribution is 0.0957. The summed E-state index contributed by atoms with van der Waals surface area (Å²) in [5, 5.41) is 2.45. The molecule has 2 aromatic heterocycles. The van der Waals surface area contributed by atoms with E-state index in [9.17, 15) is 4.79 Å². The minimum absolute atomic E-state index is 0.0720. The molecule has 1 atom stereocenters. The number of carbonyl (C=O) groups is 1. The maximum absolute atomic E-state index is 13.0. The molecule has 0 spiro atoms. The van der Waals surface area contributed by atoms with Gasteiger partial charge in [-0.2, -0.15) is 0 Å². The Labute approximate surface area is 149 Å². The molecule has 0 aliphatic carbocycles. The molecule has 1 aromatic carbocycles. The van der Waals surface area contributed by atoms with Crippen LogP contribution in [0.3, 0.4) is 0 Å². The predicted molar refractivity (Wildman–Crippen MR) is 96.1 cm³/mol. The summed E-state index contributed by atoms with van der Waals surface area (Å²) >= 11 is 1.39. The minimum Gasteiger partial charge on any atom is -0.487 e. The van der Waals surface area contributed by atoms with E-state index in [2.05, 4.69) is 15.0 Å². The number of hydrogen-bond acceptors (Lipinski definition) is 6. The van der Waals surface area contributed by atoms with Crippen LogP contribution in [-0.4, -0.2) is 33.5 Å². The van der Waals surface area contributed by atoms with Crippen molar-refractivity contribution in [3.8, 4) is 16.5 Å². The van der Waals surface area contributed by atoms with E-state index < -0.39 is 0 Å². The molecule has 0 unspecified atom stereocenters. The van der Waals surface area contributed by atoms with Gasteiger partial charge >= 0.3 is 0 Å². The fourth-order valence-electron chi connectivity index (χ4n) is 2.78. The Morgan fingerprint density at radius 2 is 2.24 bits per heavy atom. The third-order valence-corrected chi connectivity index (χ3v) is 4.79. The summed E-state index contributed by atoms with van der Waals surface area (Å²) in [5.41, 5.74) is 2.94. The Balaban J connectivity index is 1.68. The van der Waals surface area contributed by atoms with Gasteiger partial charge in [0.1, 0.15) is 28.2 Å². The summed E-state index contributed by atoms with van der Waals surface area (Å²) in [7, 11) is 0. The first-order chi connectivity index (χ1) is 12.1. The second-order valence-corrected chi connectivity index (χ2v) is 6.80. The molecule has 3 heterocycles. The van der Waals surface area contributed by atoms with Gasteiger partial charge in [-0.25, -0.2) is 4.98 Å². The Morgan fingerprint density at radius 1 is 1.36 bits per heavy atom. The van der Waals surface area contributed by atoms with E-state index in [1.54, 1.807) is 28.9 Å². The number of aryl methyl sites for hydroxylation is 1. The summed E-state index contributed by atoms with van der Waals surface area (Å²) < 4.78 is 5.85. The molecule has 0 N–H and O–H groups in total. The first-order valence-electron chi connectivity index (χ1n) is 7.93. The van der Waals surface area contributed by atoms with Gasteiger partial charge in [-0.1, -0.05) is 6.07 Å². The summed E-state index contributed by atoms with van der Waals surface area (Å²) in [5.74, 6) is 0.593. The molecule has 0 bridgehead atoms. The number of rotatable bonds is 2.